The molecule has 0 amide bonds. The maximum atomic E-state index is 12.2. The maximum Gasteiger partial charge on any atom is 0.310 e. The van der Waals surface area contributed by atoms with E-state index >= 15 is 0 Å². The molecule has 1 aliphatic heterocycles. The van der Waals surface area contributed by atoms with Crippen LogP contribution < -0.4 is 0 Å². The maximum absolute atomic E-state index is 12.2. The van der Waals surface area contributed by atoms with Crippen LogP contribution in [0.25, 0.3) is 0 Å². The van der Waals surface area contributed by atoms with Crippen molar-refractivity contribution in [1.82, 2.24) is 4.90 Å². The highest BCUT2D eigenvalue weighted by molar-refractivity contribution is 5.72. The summed E-state index contributed by atoms with van der Waals surface area (Å²) >= 11 is 0. The van der Waals surface area contributed by atoms with Gasteiger partial charge in [-0.2, -0.15) is 0 Å². The Labute approximate surface area is 134 Å². The van der Waals surface area contributed by atoms with E-state index in [1.54, 1.807) is 0 Å². The molecule has 1 saturated heterocycles. The molecule has 2 unspecified atom stereocenters. The van der Waals surface area contributed by atoms with Gasteiger partial charge in [-0.25, -0.2) is 0 Å². The van der Waals surface area contributed by atoms with Crippen LogP contribution in [0, 0.1) is 5.92 Å². The molecular weight excluding hydrogens is 286 g/mol. The Morgan fingerprint density at radius 2 is 1.91 bits per heavy atom. The summed E-state index contributed by atoms with van der Waals surface area (Å²) < 4.78 is 21.8. The van der Waals surface area contributed by atoms with E-state index in [2.05, 4.69) is 0 Å². The van der Waals surface area contributed by atoms with Crippen LogP contribution in [-0.2, 0) is 23.7 Å². The number of rotatable bonds is 12. The summed E-state index contributed by atoms with van der Waals surface area (Å²) in [7, 11) is 0. The van der Waals surface area contributed by atoms with Gasteiger partial charge in [0.05, 0.1) is 12.0 Å². The molecule has 6 nitrogen and oxygen atoms in total. The summed E-state index contributed by atoms with van der Waals surface area (Å²) in [6, 6.07) is 0. The van der Waals surface area contributed by atoms with Crippen LogP contribution in [0.4, 0.5) is 0 Å². The zero-order valence-corrected chi connectivity index (χ0v) is 14.2. The normalized spacial score (nSPS) is 19.5. The average molecular weight is 317 g/mol. The molecule has 1 heterocycles. The molecule has 0 spiro atoms. The zero-order chi connectivity index (χ0) is 16.2. The van der Waals surface area contributed by atoms with E-state index in [9.17, 15) is 4.79 Å². The Bertz CT molecular complexity index is 286. The summed E-state index contributed by atoms with van der Waals surface area (Å²) in [6.45, 7) is 9.84. The van der Waals surface area contributed by atoms with Gasteiger partial charge in [0.1, 0.15) is 20.1 Å². The smallest absolute Gasteiger partial charge is 0.310 e. The van der Waals surface area contributed by atoms with Gasteiger partial charge in [0.25, 0.3) is 0 Å². The summed E-state index contributed by atoms with van der Waals surface area (Å²) in [4.78, 5) is 14.2. The van der Waals surface area contributed by atoms with Crippen molar-refractivity contribution in [2.45, 2.75) is 46.1 Å². The van der Waals surface area contributed by atoms with Crippen molar-refractivity contribution in [2.75, 3.05) is 46.4 Å². The van der Waals surface area contributed by atoms with Crippen molar-refractivity contribution in [2.24, 2.45) is 5.92 Å². The second-order valence-corrected chi connectivity index (χ2v) is 5.47. The van der Waals surface area contributed by atoms with Gasteiger partial charge in [-0.3, -0.25) is 9.69 Å². The molecule has 1 fully saturated rings. The lowest BCUT2D eigenvalue weighted by atomic mass is 10.1. The zero-order valence-electron chi connectivity index (χ0n) is 14.2. The fraction of sp³-hybridized carbons (Fsp3) is 0.938. The minimum absolute atomic E-state index is 0.0735. The monoisotopic (exact) mass is 317 g/mol. The average Bonchev–Trinajstić information content (AvgIpc) is 3.05. The largest absolute Gasteiger partial charge is 0.463 e. The molecule has 0 aromatic rings. The lowest BCUT2D eigenvalue weighted by Gasteiger charge is -2.25. The molecule has 0 N–H and O–H groups in total. The van der Waals surface area contributed by atoms with E-state index in [0.717, 1.165) is 25.9 Å². The predicted octanol–water partition coefficient (Wildman–Crippen LogP) is 2.02. The summed E-state index contributed by atoms with van der Waals surface area (Å²) in [5, 5.41) is 0. The quantitative estimate of drug-likeness (QED) is 0.405. The van der Waals surface area contributed by atoms with Crippen molar-refractivity contribution in [3.8, 4) is 0 Å². The molecule has 0 aliphatic carbocycles. The standard InChI is InChI=1S/C16H31NO5/c1-4-14(10-17(12-19-5-2)13-20-6-3)16(18)22-11-15-8-7-9-21-15/h14-15H,4-13H2,1-3H3. The van der Waals surface area contributed by atoms with Crippen molar-refractivity contribution >= 4 is 5.97 Å². The third-order valence-electron chi connectivity index (χ3n) is 3.70. The fourth-order valence-corrected chi connectivity index (χ4v) is 2.33. The first-order valence-corrected chi connectivity index (χ1v) is 8.37. The lowest BCUT2D eigenvalue weighted by Crippen LogP contribution is -2.37. The van der Waals surface area contributed by atoms with Gasteiger partial charge < -0.3 is 18.9 Å². The molecule has 0 saturated carbocycles. The SMILES string of the molecule is CCOCN(COCC)CC(CC)C(=O)OCC1CCCO1. The van der Waals surface area contributed by atoms with E-state index < -0.39 is 0 Å². The predicted molar refractivity (Wildman–Crippen MR) is 83.4 cm³/mol. The summed E-state index contributed by atoms with van der Waals surface area (Å²) in [5.41, 5.74) is 0. The van der Waals surface area contributed by atoms with Gasteiger partial charge in [-0.05, 0) is 33.1 Å². The van der Waals surface area contributed by atoms with Crippen LogP contribution in [0.15, 0.2) is 0 Å². The third-order valence-corrected chi connectivity index (χ3v) is 3.70. The van der Waals surface area contributed by atoms with Gasteiger partial charge in [0.15, 0.2) is 0 Å². The number of carbonyl (C=O) groups is 1. The molecule has 6 heteroatoms. The van der Waals surface area contributed by atoms with Gasteiger partial charge in [-0.15, -0.1) is 0 Å². The Morgan fingerprint density at radius 1 is 1.23 bits per heavy atom. The summed E-state index contributed by atoms with van der Waals surface area (Å²) in [5.74, 6) is -0.321. The number of nitrogens with zero attached hydrogens (tertiary/aromatic N) is 1. The first-order valence-electron chi connectivity index (χ1n) is 8.37. The fourth-order valence-electron chi connectivity index (χ4n) is 2.33. The Kier molecular flexibility index (Phi) is 10.4. The van der Waals surface area contributed by atoms with E-state index in [1.807, 2.05) is 25.7 Å². The second kappa shape index (κ2) is 11.8. The van der Waals surface area contributed by atoms with Crippen LogP contribution in [0.3, 0.4) is 0 Å². The molecule has 130 valence electrons. The number of ether oxygens (including phenoxy) is 4. The van der Waals surface area contributed by atoms with E-state index in [4.69, 9.17) is 18.9 Å². The topological polar surface area (TPSA) is 57.2 Å². The molecule has 2 atom stereocenters. The van der Waals surface area contributed by atoms with Crippen molar-refractivity contribution < 1.29 is 23.7 Å². The molecular formula is C16H31NO5. The Morgan fingerprint density at radius 3 is 2.41 bits per heavy atom. The van der Waals surface area contributed by atoms with Gasteiger partial charge in [0, 0.05) is 26.4 Å². The van der Waals surface area contributed by atoms with Crippen molar-refractivity contribution in [1.29, 1.82) is 0 Å². The van der Waals surface area contributed by atoms with Gasteiger partial charge in [0.2, 0.25) is 0 Å². The Balaban J connectivity index is 2.38. The van der Waals surface area contributed by atoms with Crippen LogP contribution in [0.2, 0.25) is 0 Å². The molecule has 0 aromatic heterocycles. The first-order chi connectivity index (χ1) is 10.7. The van der Waals surface area contributed by atoms with Gasteiger partial charge in [-0.1, -0.05) is 6.92 Å². The van der Waals surface area contributed by atoms with Gasteiger partial charge >= 0.3 is 5.97 Å². The van der Waals surface area contributed by atoms with Crippen LogP contribution in [-0.4, -0.2) is 63.4 Å². The van der Waals surface area contributed by atoms with E-state index in [1.165, 1.54) is 0 Å². The van der Waals surface area contributed by atoms with E-state index in [0.29, 0.717) is 39.8 Å². The highest BCUT2D eigenvalue weighted by Gasteiger charge is 2.24. The van der Waals surface area contributed by atoms with Crippen molar-refractivity contribution in [3.63, 3.8) is 0 Å². The molecule has 22 heavy (non-hydrogen) atoms. The highest BCUT2D eigenvalue weighted by atomic mass is 16.6. The van der Waals surface area contributed by atoms with E-state index in [-0.39, 0.29) is 18.0 Å². The lowest BCUT2D eigenvalue weighted by molar-refractivity contribution is -0.154. The highest BCUT2D eigenvalue weighted by Crippen LogP contribution is 2.14. The minimum atomic E-state index is -0.165. The second-order valence-electron chi connectivity index (χ2n) is 5.47. The van der Waals surface area contributed by atoms with Crippen LogP contribution >= 0.6 is 0 Å². The number of hydrogen-bond acceptors (Lipinski definition) is 6. The minimum Gasteiger partial charge on any atom is -0.463 e. The van der Waals surface area contributed by atoms with Crippen molar-refractivity contribution in [3.05, 3.63) is 0 Å². The number of carbonyl (C=O) groups excluding carboxylic acids is 1. The van der Waals surface area contributed by atoms with Crippen LogP contribution in [0.5, 0.6) is 0 Å². The van der Waals surface area contributed by atoms with Crippen LogP contribution in [0.1, 0.15) is 40.0 Å². The third kappa shape index (κ3) is 7.54. The molecule has 1 rings (SSSR count). The molecule has 0 bridgehead atoms. The number of esters is 1. The Hall–Kier alpha value is -0.690. The molecule has 0 aromatic carbocycles. The molecule has 0 radical (unpaired) electrons. The summed E-state index contributed by atoms with van der Waals surface area (Å²) in [6.07, 6.45) is 2.84. The number of hydrogen-bond donors (Lipinski definition) is 0. The first kappa shape index (κ1) is 19.4. The molecule has 1 aliphatic rings.